The van der Waals surface area contributed by atoms with Crippen molar-refractivity contribution in [1.82, 2.24) is 30.2 Å². The summed E-state index contributed by atoms with van der Waals surface area (Å²) in [5.41, 5.74) is -2.89. The van der Waals surface area contributed by atoms with Crippen LogP contribution in [0.5, 0.6) is 11.5 Å². The number of carbonyl (C=O) groups excluding carboxylic acids is 4. The largest absolute Gasteiger partial charge is 0.496 e. The zero-order chi connectivity index (χ0) is 47.1. The van der Waals surface area contributed by atoms with E-state index in [2.05, 4.69) is 36.3 Å². The number of sulfonamides is 1. The first-order chi connectivity index (χ1) is 29.6. The summed E-state index contributed by atoms with van der Waals surface area (Å²) in [6.07, 6.45) is 0.947. The number of likely N-dealkylation sites (tertiary alicyclic amines) is 1. The number of aliphatic hydroxyl groups is 1. The van der Waals surface area contributed by atoms with Gasteiger partial charge in [0.1, 0.15) is 56.8 Å². The average molecular weight is 990 g/mol. The molecule has 5 atom stereocenters. The Morgan fingerprint density at radius 3 is 2.31 bits per heavy atom. The Morgan fingerprint density at radius 2 is 1.75 bits per heavy atom. The van der Waals surface area contributed by atoms with Gasteiger partial charge >= 0.3 is 6.09 Å². The number of fused-ring (bicyclic) bond motifs is 3. The molecule has 0 spiro atoms. The number of furan rings is 1. The first kappa shape index (κ1) is 47.4. The zero-order valence-electron chi connectivity index (χ0n) is 37.9. The van der Waals surface area contributed by atoms with Crippen molar-refractivity contribution in [2.45, 2.75) is 135 Å². The highest BCUT2D eigenvalue weighted by molar-refractivity contribution is 9.10. The fourth-order valence-corrected chi connectivity index (χ4v) is 11.0. The lowest BCUT2D eigenvalue weighted by Crippen LogP contribution is -2.60. The maximum Gasteiger partial charge on any atom is 0.408 e. The minimum Gasteiger partial charge on any atom is -0.496 e. The summed E-state index contributed by atoms with van der Waals surface area (Å²) in [4.78, 5) is 68.1. The normalized spacial score (nSPS) is 22.1. The van der Waals surface area contributed by atoms with Crippen molar-refractivity contribution >= 4 is 83.2 Å². The third-order valence-electron chi connectivity index (χ3n) is 11.6. The van der Waals surface area contributed by atoms with Crippen molar-refractivity contribution < 1.29 is 51.3 Å². The maximum atomic E-state index is 14.9. The summed E-state index contributed by atoms with van der Waals surface area (Å²) in [6, 6.07) is 2.75. The first-order valence-corrected chi connectivity index (χ1v) is 24.4. The van der Waals surface area contributed by atoms with E-state index in [1.807, 2.05) is 13.8 Å². The fourth-order valence-electron chi connectivity index (χ4n) is 8.11. The monoisotopic (exact) mass is 988 g/mol. The lowest BCUT2D eigenvalue weighted by Gasteiger charge is -2.36. The number of pyridine rings is 1. The summed E-state index contributed by atoms with van der Waals surface area (Å²) in [7, 11) is -2.40. The molecule has 17 nitrogen and oxygen atoms in total. The number of carbonyl (C=O) groups is 4. The number of hydrogen-bond donors (Lipinski definition) is 4. The quantitative estimate of drug-likeness (QED) is 0.112. The molecule has 348 valence electrons. The molecule has 4 heterocycles. The number of benzene rings is 1. The van der Waals surface area contributed by atoms with Crippen molar-refractivity contribution in [3.63, 3.8) is 0 Å². The second-order valence-electron chi connectivity index (χ2n) is 19.9. The van der Waals surface area contributed by atoms with Crippen LogP contribution in [0.2, 0.25) is 0 Å². The van der Waals surface area contributed by atoms with Crippen LogP contribution in [-0.4, -0.2) is 100 Å². The van der Waals surface area contributed by atoms with E-state index in [1.165, 1.54) is 16.2 Å². The third kappa shape index (κ3) is 9.56. The molecule has 7 rings (SSSR count). The number of rotatable bonds is 13. The molecule has 1 aromatic carbocycles. The van der Waals surface area contributed by atoms with Crippen LogP contribution < -0.4 is 24.8 Å². The second-order valence-corrected chi connectivity index (χ2v) is 23.7. The number of thiazole rings is 1. The van der Waals surface area contributed by atoms with E-state index in [9.17, 15) is 32.7 Å². The van der Waals surface area contributed by atoms with E-state index >= 15 is 0 Å². The van der Waals surface area contributed by atoms with Crippen molar-refractivity contribution in [3.8, 4) is 22.1 Å². The topological polar surface area (TPSA) is 229 Å². The van der Waals surface area contributed by atoms with Crippen LogP contribution in [0.25, 0.3) is 32.6 Å². The number of nitrogens with one attached hydrogen (secondary N) is 3. The highest BCUT2D eigenvalue weighted by Gasteiger charge is 2.64. The molecule has 2 aliphatic carbocycles. The van der Waals surface area contributed by atoms with Gasteiger partial charge in [-0.25, -0.2) is 23.2 Å². The molecular formula is C44H57BrN6O11S2. The Hall–Kier alpha value is -4.53. The third-order valence-corrected chi connectivity index (χ3v) is 15.6. The van der Waals surface area contributed by atoms with Gasteiger partial charge in [0.25, 0.3) is 5.91 Å². The van der Waals surface area contributed by atoms with Gasteiger partial charge in [-0.15, -0.1) is 11.3 Å². The number of nitrogens with zero attached hydrogens (tertiary/aromatic N) is 3. The van der Waals surface area contributed by atoms with Gasteiger partial charge in [0.2, 0.25) is 21.8 Å². The Balaban J connectivity index is 1.29. The van der Waals surface area contributed by atoms with Crippen LogP contribution in [0.3, 0.4) is 0 Å². The molecular weight excluding hydrogens is 933 g/mol. The number of halogens is 1. The summed E-state index contributed by atoms with van der Waals surface area (Å²) in [5.74, 6) is -1.80. The molecule has 4 N–H and O–H groups in total. The highest BCUT2D eigenvalue weighted by Crippen LogP contribution is 2.50. The van der Waals surface area contributed by atoms with Crippen LogP contribution in [0, 0.1) is 17.3 Å². The zero-order valence-corrected chi connectivity index (χ0v) is 41.1. The molecule has 3 aromatic heterocycles. The van der Waals surface area contributed by atoms with Crippen LogP contribution >= 0.6 is 27.3 Å². The molecule has 20 heteroatoms. The highest BCUT2D eigenvalue weighted by atomic mass is 79.9. The van der Waals surface area contributed by atoms with Crippen molar-refractivity contribution in [3.05, 3.63) is 33.9 Å². The number of amides is 4. The molecule has 0 bridgehead atoms. The molecule has 3 fully saturated rings. The fraction of sp³-hybridized carbons (Fsp3) is 0.591. The molecule has 4 aromatic rings. The van der Waals surface area contributed by atoms with Crippen molar-refractivity contribution in [2.24, 2.45) is 17.3 Å². The van der Waals surface area contributed by atoms with E-state index in [0.717, 1.165) is 0 Å². The summed E-state index contributed by atoms with van der Waals surface area (Å²) in [6.45, 7) is 17.3. The summed E-state index contributed by atoms with van der Waals surface area (Å²) >= 11 is 4.91. The molecule has 64 heavy (non-hydrogen) atoms. The van der Waals surface area contributed by atoms with Gasteiger partial charge in [-0.3, -0.25) is 19.1 Å². The molecule has 0 radical (unpaired) electrons. The minimum absolute atomic E-state index is 0.0639. The molecule has 1 saturated heterocycles. The predicted molar refractivity (Wildman–Crippen MR) is 243 cm³/mol. The van der Waals surface area contributed by atoms with E-state index in [1.54, 1.807) is 86.9 Å². The van der Waals surface area contributed by atoms with Crippen molar-refractivity contribution in [1.29, 1.82) is 0 Å². The lowest BCUT2D eigenvalue weighted by atomic mass is 9.85. The number of aromatic nitrogens is 2. The van der Waals surface area contributed by atoms with Gasteiger partial charge in [-0.05, 0) is 99.2 Å². The van der Waals surface area contributed by atoms with Crippen LogP contribution in [-0.2, 0) is 34.7 Å². The van der Waals surface area contributed by atoms with E-state index in [4.69, 9.17) is 23.6 Å². The number of alkyl carbamates (subject to hydrolysis) is 1. The molecule has 1 aliphatic heterocycles. The minimum atomic E-state index is -3.94. The molecule has 2 saturated carbocycles. The SMILES string of the molecule is COc1ccc2oc3c(O[C@@H]4C[C@@H](C(=O)N[C@]5(C(=O)NS(=O)(=O)C6CC6)C[C@H]5C(C)C)N(C(=O)[C@@H](NC(=O)OC(C)(C)C)C(C)(C)C)C4)cc(-c4cnc(C(C)(C)O)s4)nc3c2c1Br. The number of ether oxygens (including phenoxy) is 3. The molecule has 4 amide bonds. The van der Waals surface area contributed by atoms with E-state index in [-0.39, 0.29) is 42.6 Å². The number of hydrogen-bond acceptors (Lipinski definition) is 14. The summed E-state index contributed by atoms with van der Waals surface area (Å²) < 4.78 is 53.1. The van der Waals surface area contributed by atoms with Gasteiger partial charge < -0.3 is 39.3 Å². The molecule has 3 aliphatic rings. The van der Waals surface area contributed by atoms with Crippen LogP contribution in [0.4, 0.5) is 4.79 Å². The maximum absolute atomic E-state index is 14.9. The first-order valence-electron chi connectivity index (χ1n) is 21.3. The summed E-state index contributed by atoms with van der Waals surface area (Å²) in [5, 5.41) is 16.8. The standard InChI is InChI=1S/C44H57BrN6O11S2/c1-21(2)24-18-44(24,38(54)50-64(57,58)23-12-13-23)49-36(52)26-16-22(20-51(26)37(53)35(41(3,4)5)48-40(55)62-42(6,7)8)60-29-17-25(30-19-46-39(63-30)43(9,10)56)47-33-31-27(61-34(29)33)14-15-28(59-11)32(31)45/h14-15,17,19,21-24,26,35,56H,12-13,16,18,20H2,1-11H3,(H,48,55)(H,49,52)(H,50,54)/t22-,24+,26+,35-,44-/m1/s1. The average Bonchev–Trinajstić information content (AvgIpc) is 4.00. The smallest absolute Gasteiger partial charge is 0.408 e. The Morgan fingerprint density at radius 1 is 1.06 bits per heavy atom. The lowest BCUT2D eigenvalue weighted by molar-refractivity contribution is -0.143. The predicted octanol–water partition coefficient (Wildman–Crippen LogP) is 6.53. The Kier molecular flexibility index (Phi) is 12.4. The van der Waals surface area contributed by atoms with E-state index < -0.39 is 79.4 Å². The van der Waals surface area contributed by atoms with Gasteiger partial charge in [0.05, 0.1) is 39.3 Å². The molecule has 0 unspecified atom stereocenters. The van der Waals surface area contributed by atoms with Gasteiger partial charge in [-0.2, -0.15) is 0 Å². The second kappa shape index (κ2) is 16.7. The van der Waals surface area contributed by atoms with Crippen LogP contribution in [0.1, 0.15) is 99.9 Å². The van der Waals surface area contributed by atoms with E-state index in [0.29, 0.717) is 55.1 Å². The van der Waals surface area contributed by atoms with Gasteiger partial charge in [0, 0.05) is 18.7 Å². The van der Waals surface area contributed by atoms with Crippen LogP contribution in [0.15, 0.2) is 33.3 Å². The van der Waals surface area contributed by atoms with Crippen molar-refractivity contribution in [2.75, 3.05) is 13.7 Å². The Bertz CT molecular complexity index is 2620. The van der Waals surface area contributed by atoms with Gasteiger partial charge in [-0.1, -0.05) is 34.6 Å². The Labute approximate surface area is 384 Å². The van der Waals surface area contributed by atoms with Gasteiger partial charge in [0.15, 0.2) is 11.3 Å². The number of methoxy groups -OCH3 is 1.